The molecule has 0 unspecified atom stereocenters. The molecule has 0 aliphatic heterocycles. The van der Waals surface area contributed by atoms with Crippen LogP contribution in [0.3, 0.4) is 0 Å². The summed E-state index contributed by atoms with van der Waals surface area (Å²) >= 11 is 0. The van der Waals surface area contributed by atoms with Crippen molar-refractivity contribution in [3.8, 4) is 11.5 Å². The first-order chi connectivity index (χ1) is 13.7. The number of nitrogens with zero attached hydrogens (tertiary/aromatic N) is 1. The van der Waals surface area contributed by atoms with Crippen molar-refractivity contribution in [2.75, 3.05) is 12.4 Å². The second-order valence-electron chi connectivity index (χ2n) is 5.87. The van der Waals surface area contributed by atoms with Gasteiger partial charge in [-0.25, -0.2) is 10.2 Å². The van der Waals surface area contributed by atoms with Crippen molar-refractivity contribution in [1.82, 2.24) is 5.43 Å². The fraction of sp³-hybridized carbons (Fsp3) is 0.0909. The number of amides is 2. The highest BCUT2D eigenvalue weighted by atomic mass is 16.5. The first-order valence-electron chi connectivity index (χ1n) is 8.74. The van der Waals surface area contributed by atoms with Gasteiger partial charge in [0.15, 0.2) is 11.5 Å². The lowest BCUT2D eigenvalue weighted by Crippen LogP contribution is -2.24. The Hall–Kier alpha value is -3.80. The lowest BCUT2D eigenvalue weighted by Gasteiger charge is -2.11. The molecule has 6 nitrogen and oxygen atoms in total. The maximum atomic E-state index is 11.8. The van der Waals surface area contributed by atoms with E-state index in [0.717, 1.165) is 11.1 Å². The molecule has 2 amide bonds. The molecule has 28 heavy (non-hydrogen) atoms. The Bertz CT molecular complexity index is 928. The van der Waals surface area contributed by atoms with Gasteiger partial charge in [-0.3, -0.25) is 0 Å². The average molecular weight is 375 g/mol. The van der Waals surface area contributed by atoms with E-state index < -0.39 is 6.03 Å². The zero-order chi connectivity index (χ0) is 19.6. The molecule has 0 saturated heterocycles. The zero-order valence-corrected chi connectivity index (χ0v) is 15.5. The van der Waals surface area contributed by atoms with Gasteiger partial charge in [-0.1, -0.05) is 48.5 Å². The van der Waals surface area contributed by atoms with E-state index in [1.54, 1.807) is 25.3 Å². The third kappa shape index (κ3) is 5.60. The molecular weight excluding hydrogens is 354 g/mol. The molecule has 0 bridgehead atoms. The van der Waals surface area contributed by atoms with E-state index in [-0.39, 0.29) is 0 Å². The number of nitrogens with one attached hydrogen (secondary N) is 2. The van der Waals surface area contributed by atoms with Crippen molar-refractivity contribution >= 4 is 17.9 Å². The maximum Gasteiger partial charge on any atom is 0.339 e. The van der Waals surface area contributed by atoms with Gasteiger partial charge in [0, 0.05) is 5.69 Å². The predicted molar refractivity (Wildman–Crippen MR) is 110 cm³/mol. The number of benzene rings is 3. The standard InChI is InChI=1S/C22H21N3O3/c1-27-21-14-18(12-13-20(21)28-16-17-8-4-2-5-9-17)15-23-25-22(26)24-19-10-6-3-7-11-19/h2-15H,16H2,1H3,(H2,24,25,26)/b23-15+. The molecule has 3 aromatic carbocycles. The number of urea groups is 1. The molecular formula is C22H21N3O3. The Morgan fingerprint density at radius 2 is 1.68 bits per heavy atom. The van der Waals surface area contributed by atoms with Crippen molar-refractivity contribution in [2.24, 2.45) is 5.10 Å². The highest BCUT2D eigenvalue weighted by molar-refractivity contribution is 5.90. The number of anilines is 1. The van der Waals surface area contributed by atoms with Crippen LogP contribution in [0.4, 0.5) is 10.5 Å². The highest BCUT2D eigenvalue weighted by Crippen LogP contribution is 2.28. The first-order valence-corrected chi connectivity index (χ1v) is 8.74. The number of methoxy groups -OCH3 is 1. The van der Waals surface area contributed by atoms with Gasteiger partial charge < -0.3 is 14.8 Å². The van der Waals surface area contributed by atoms with E-state index >= 15 is 0 Å². The fourth-order valence-electron chi connectivity index (χ4n) is 2.47. The van der Waals surface area contributed by atoms with Gasteiger partial charge in [0.2, 0.25) is 0 Å². The van der Waals surface area contributed by atoms with Crippen LogP contribution in [0, 0.1) is 0 Å². The topological polar surface area (TPSA) is 72.0 Å². The summed E-state index contributed by atoms with van der Waals surface area (Å²) in [5.41, 5.74) is 4.96. The molecule has 0 spiro atoms. The van der Waals surface area contributed by atoms with Crippen LogP contribution in [0.1, 0.15) is 11.1 Å². The summed E-state index contributed by atoms with van der Waals surface area (Å²) in [6.07, 6.45) is 1.54. The Kier molecular flexibility index (Phi) is 6.62. The van der Waals surface area contributed by atoms with Crippen LogP contribution in [-0.4, -0.2) is 19.4 Å². The molecule has 142 valence electrons. The third-order valence-corrected chi connectivity index (χ3v) is 3.84. The molecule has 0 saturated carbocycles. The van der Waals surface area contributed by atoms with E-state index in [9.17, 15) is 4.79 Å². The summed E-state index contributed by atoms with van der Waals surface area (Å²) in [5, 5.41) is 6.64. The van der Waals surface area contributed by atoms with Gasteiger partial charge in [-0.2, -0.15) is 5.10 Å². The van der Waals surface area contributed by atoms with E-state index in [0.29, 0.717) is 23.8 Å². The summed E-state index contributed by atoms with van der Waals surface area (Å²) in [7, 11) is 1.58. The van der Waals surface area contributed by atoms with Crippen LogP contribution < -0.4 is 20.2 Å². The number of rotatable bonds is 7. The molecule has 0 aromatic heterocycles. The number of carbonyl (C=O) groups is 1. The second kappa shape index (κ2) is 9.78. The molecule has 3 rings (SSSR count). The number of hydrogen-bond donors (Lipinski definition) is 2. The summed E-state index contributed by atoms with van der Waals surface area (Å²) < 4.78 is 11.2. The first kappa shape index (κ1) is 19.0. The Morgan fingerprint density at radius 1 is 0.964 bits per heavy atom. The number of ether oxygens (including phenoxy) is 2. The van der Waals surface area contributed by atoms with Crippen LogP contribution in [-0.2, 0) is 6.61 Å². The average Bonchev–Trinajstić information content (AvgIpc) is 2.74. The molecule has 0 heterocycles. The zero-order valence-electron chi connectivity index (χ0n) is 15.5. The molecule has 0 atom stereocenters. The van der Waals surface area contributed by atoms with E-state index in [1.165, 1.54) is 6.21 Å². The smallest absolute Gasteiger partial charge is 0.339 e. The Labute approximate surface area is 163 Å². The number of carbonyl (C=O) groups excluding carboxylic acids is 1. The molecule has 0 radical (unpaired) electrons. The summed E-state index contributed by atoms with van der Waals surface area (Å²) in [6.45, 7) is 0.450. The van der Waals surface area contributed by atoms with Crippen LogP contribution in [0.25, 0.3) is 0 Å². The summed E-state index contributed by atoms with van der Waals surface area (Å²) in [5.74, 6) is 1.23. The van der Waals surface area contributed by atoms with Crippen LogP contribution in [0.15, 0.2) is 84.0 Å². The lowest BCUT2D eigenvalue weighted by molar-refractivity contribution is 0.252. The SMILES string of the molecule is COc1cc(/C=N/NC(=O)Nc2ccccc2)ccc1OCc1ccccc1. The highest BCUT2D eigenvalue weighted by Gasteiger charge is 2.06. The Balaban J connectivity index is 1.56. The minimum absolute atomic E-state index is 0.419. The van der Waals surface area contributed by atoms with Crippen LogP contribution >= 0.6 is 0 Å². The van der Waals surface area contributed by atoms with Gasteiger partial charge in [-0.15, -0.1) is 0 Å². The second-order valence-corrected chi connectivity index (χ2v) is 5.87. The van der Waals surface area contributed by atoms with Crippen LogP contribution in [0.2, 0.25) is 0 Å². The lowest BCUT2D eigenvalue weighted by atomic mass is 10.2. The molecule has 0 fully saturated rings. The molecule has 6 heteroatoms. The molecule has 0 aliphatic carbocycles. The monoisotopic (exact) mass is 375 g/mol. The fourth-order valence-corrected chi connectivity index (χ4v) is 2.47. The van der Waals surface area contributed by atoms with Gasteiger partial charge in [0.25, 0.3) is 0 Å². The van der Waals surface area contributed by atoms with E-state index in [2.05, 4.69) is 15.8 Å². The van der Waals surface area contributed by atoms with E-state index in [1.807, 2.05) is 60.7 Å². The van der Waals surface area contributed by atoms with Gasteiger partial charge in [0.05, 0.1) is 13.3 Å². The summed E-state index contributed by atoms with van der Waals surface area (Å²) in [4.78, 5) is 11.8. The number of hydrogen-bond acceptors (Lipinski definition) is 4. The minimum atomic E-state index is -0.419. The molecule has 2 N–H and O–H groups in total. The van der Waals surface area contributed by atoms with Crippen molar-refractivity contribution in [2.45, 2.75) is 6.61 Å². The molecule has 3 aromatic rings. The maximum absolute atomic E-state index is 11.8. The van der Waals surface area contributed by atoms with Crippen molar-refractivity contribution in [1.29, 1.82) is 0 Å². The molecule has 0 aliphatic rings. The minimum Gasteiger partial charge on any atom is -0.493 e. The van der Waals surface area contributed by atoms with Crippen molar-refractivity contribution in [3.05, 3.63) is 90.0 Å². The Morgan fingerprint density at radius 3 is 2.39 bits per heavy atom. The van der Waals surface area contributed by atoms with Gasteiger partial charge in [-0.05, 0) is 41.5 Å². The predicted octanol–water partition coefficient (Wildman–Crippen LogP) is 4.43. The third-order valence-electron chi connectivity index (χ3n) is 3.84. The summed E-state index contributed by atoms with van der Waals surface area (Å²) in [6, 6.07) is 24.1. The van der Waals surface area contributed by atoms with E-state index in [4.69, 9.17) is 9.47 Å². The largest absolute Gasteiger partial charge is 0.493 e. The van der Waals surface area contributed by atoms with Crippen molar-refractivity contribution < 1.29 is 14.3 Å². The number of para-hydroxylation sites is 1. The number of hydrazone groups is 1. The normalized spacial score (nSPS) is 10.5. The van der Waals surface area contributed by atoms with Crippen molar-refractivity contribution in [3.63, 3.8) is 0 Å². The van der Waals surface area contributed by atoms with Gasteiger partial charge in [0.1, 0.15) is 6.61 Å². The van der Waals surface area contributed by atoms with Gasteiger partial charge >= 0.3 is 6.03 Å². The van der Waals surface area contributed by atoms with Crippen LogP contribution in [0.5, 0.6) is 11.5 Å². The quantitative estimate of drug-likeness (QED) is 0.474.